The van der Waals surface area contributed by atoms with Gasteiger partial charge in [0.25, 0.3) is 5.91 Å². The molecule has 1 fully saturated rings. The molecule has 1 amide bonds. The smallest absolute Gasteiger partial charge is 0.254 e. The highest BCUT2D eigenvalue weighted by Crippen LogP contribution is 2.27. The molecule has 0 saturated carbocycles. The zero-order valence-corrected chi connectivity index (χ0v) is 20.6. The summed E-state index contributed by atoms with van der Waals surface area (Å²) in [5, 5.41) is 2.40. The van der Waals surface area contributed by atoms with Crippen LogP contribution in [0, 0.1) is 19.8 Å². The van der Waals surface area contributed by atoms with Gasteiger partial charge in [-0.05, 0) is 86.2 Å². The molecule has 1 unspecified atom stereocenters. The van der Waals surface area contributed by atoms with Gasteiger partial charge < -0.3 is 14.5 Å². The maximum absolute atomic E-state index is 13.2. The van der Waals surface area contributed by atoms with Gasteiger partial charge >= 0.3 is 0 Å². The lowest BCUT2D eigenvalue weighted by molar-refractivity contribution is 0.0658. The maximum Gasteiger partial charge on any atom is 0.254 e. The van der Waals surface area contributed by atoms with Crippen LogP contribution in [0.25, 0.3) is 10.8 Å². The van der Waals surface area contributed by atoms with Crippen molar-refractivity contribution in [3.8, 4) is 5.75 Å². The van der Waals surface area contributed by atoms with Crippen molar-refractivity contribution < 1.29 is 9.53 Å². The molecule has 0 bridgehead atoms. The number of ether oxygens (including phenoxy) is 1. The van der Waals surface area contributed by atoms with E-state index in [-0.39, 0.29) is 5.91 Å². The van der Waals surface area contributed by atoms with Crippen LogP contribution in [0.1, 0.15) is 46.3 Å². The Morgan fingerprint density at radius 2 is 1.82 bits per heavy atom. The van der Waals surface area contributed by atoms with Crippen LogP contribution in [-0.2, 0) is 6.42 Å². The van der Waals surface area contributed by atoms with E-state index >= 15 is 0 Å². The third kappa shape index (κ3) is 4.97. The summed E-state index contributed by atoms with van der Waals surface area (Å²) >= 11 is 0. The van der Waals surface area contributed by atoms with Gasteiger partial charge in [-0.25, -0.2) is 0 Å². The molecule has 34 heavy (non-hydrogen) atoms. The fourth-order valence-corrected chi connectivity index (χ4v) is 5.59. The Morgan fingerprint density at radius 1 is 1.00 bits per heavy atom. The monoisotopic (exact) mass is 456 g/mol. The quantitative estimate of drug-likeness (QED) is 0.432. The molecule has 0 spiro atoms. The molecule has 2 aliphatic rings. The number of benzene rings is 3. The minimum Gasteiger partial charge on any atom is -0.493 e. The van der Waals surface area contributed by atoms with Gasteiger partial charge in [0.15, 0.2) is 0 Å². The fourth-order valence-electron chi connectivity index (χ4n) is 5.59. The van der Waals surface area contributed by atoms with E-state index in [0.717, 1.165) is 63.5 Å². The van der Waals surface area contributed by atoms with Gasteiger partial charge in [0.1, 0.15) is 5.75 Å². The molecule has 0 N–H and O–H groups in total. The summed E-state index contributed by atoms with van der Waals surface area (Å²) in [5.41, 5.74) is 4.64. The van der Waals surface area contributed by atoms with Gasteiger partial charge in [-0.15, -0.1) is 0 Å². The van der Waals surface area contributed by atoms with E-state index in [1.54, 1.807) is 0 Å². The van der Waals surface area contributed by atoms with E-state index in [1.807, 2.05) is 0 Å². The Hall–Kier alpha value is -2.85. The number of carbonyl (C=O) groups is 1. The summed E-state index contributed by atoms with van der Waals surface area (Å²) in [6, 6.07) is 19.0. The molecule has 3 aromatic carbocycles. The fraction of sp³-hybridized carbons (Fsp3) is 0.433. The standard InChI is InChI=1S/C30H36N2O2/c1-22-18-26-13-16-32(30(33)28(26)19-23(22)2)21-24-8-6-14-31(20-24)15-7-17-34-29-12-5-10-25-9-3-4-11-27(25)29/h3-5,9-12,18-19,24H,6-8,13-17,20-21H2,1-2H3. The topological polar surface area (TPSA) is 32.8 Å². The van der Waals surface area contributed by atoms with Crippen molar-refractivity contribution >= 4 is 16.7 Å². The van der Waals surface area contributed by atoms with Gasteiger partial charge in [0.2, 0.25) is 0 Å². The summed E-state index contributed by atoms with van der Waals surface area (Å²) < 4.78 is 6.14. The number of carbonyl (C=O) groups excluding carboxylic acids is 1. The van der Waals surface area contributed by atoms with Crippen molar-refractivity contribution in [2.24, 2.45) is 5.92 Å². The summed E-state index contributed by atoms with van der Waals surface area (Å²) in [5.74, 6) is 1.76. The molecule has 1 atom stereocenters. The second-order valence-electron chi connectivity index (χ2n) is 10.1. The first-order chi connectivity index (χ1) is 16.6. The van der Waals surface area contributed by atoms with Crippen LogP contribution in [0.15, 0.2) is 54.6 Å². The number of rotatable bonds is 7. The van der Waals surface area contributed by atoms with Gasteiger partial charge in [0, 0.05) is 37.1 Å². The highest BCUT2D eigenvalue weighted by Gasteiger charge is 2.29. The summed E-state index contributed by atoms with van der Waals surface area (Å²) in [6.07, 6.45) is 4.42. The minimum absolute atomic E-state index is 0.227. The molecule has 2 heterocycles. The van der Waals surface area contributed by atoms with Crippen molar-refractivity contribution in [3.05, 3.63) is 76.9 Å². The molecule has 0 aromatic heterocycles. The largest absolute Gasteiger partial charge is 0.493 e. The average molecular weight is 457 g/mol. The first kappa shape index (κ1) is 22.9. The van der Waals surface area contributed by atoms with Gasteiger partial charge in [0.05, 0.1) is 6.61 Å². The first-order valence-electron chi connectivity index (χ1n) is 12.8. The number of nitrogens with zero attached hydrogens (tertiary/aromatic N) is 2. The van der Waals surface area contributed by atoms with E-state index < -0.39 is 0 Å². The normalized spacial score (nSPS) is 18.8. The van der Waals surface area contributed by atoms with Crippen LogP contribution < -0.4 is 4.74 Å². The van der Waals surface area contributed by atoms with Gasteiger partial charge in [-0.2, -0.15) is 0 Å². The Morgan fingerprint density at radius 3 is 2.74 bits per heavy atom. The molecule has 4 heteroatoms. The van der Waals surface area contributed by atoms with Crippen LogP contribution >= 0.6 is 0 Å². The van der Waals surface area contributed by atoms with Crippen LogP contribution in [-0.4, -0.2) is 55.0 Å². The molecular formula is C30H36N2O2. The molecule has 1 saturated heterocycles. The number of aryl methyl sites for hydroxylation is 2. The SMILES string of the molecule is Cc1cc2c(cc1C)C(=O)N(CC1CCCN(CCCOc3cccc4ccccc34)C1)CC2. The summed E-state index contributed by atoms with van der Waals surface area (Å²) in [6.45, 7) is 9.99. The van der Waals surface area contributed by atoms with E-state index in [4.69, 9.17) is 4.74 Å². The lowest BCUT2D eigenvalue weighted by Gasteiger charge is -2.37. The van der Waals surface area contributed by atoms with E-state index in [0.29, 0.717) is 5.92 Å². The lowest BCUT2D eigenvalue weighted by Crippen LogP contribution is -2.45. The molecular weight excluding hydrogens is 420 g/mol. The number of hydrogen-bond donors (Lipinski definition) is 0. The zero-order chi connectivity index (χ0) is 23.5. The number of piperidine rings is 1. The first-order valence-corrected chi connectivity index (χ1v) is 12.8. The summed E-state index contributed by atoms with van der Waals surface area (Å²) in [4.78, 5) is 17.8. The number of hydrogen-bond acceptors (Lipinski definition) is 3. The average Bonchev–Trinajstić information content (AvgIpc) is 2.85. The predicted octanol–water partition coefficient (Wildman–Crippen LogP) is 5.64. The van der Waals surface area contributed by atoms with Crippen LogP contribution in [0.2, 0.25) is 0 Å². The Bertz CT molecular complexity index is 1170. The van der Waals surface area contributed by atoms with Crippen molar-refractivity contribution in [1.29, 1.82) is 0 Å². The third-order valence-electron chi connectivity index (χ3n) is 7.60. The Labute approximate surface area is 203 Å². The zero-order valence-electron chi connectivity index (χ0n) is 20.6. The molecule has 5 rings (SSSR count). The number of amides is 1. The summed E-state index contributed by atoms with van der Waals surface area (Å²) in [7, 11) is 0. The van der Waals surface area contributed by atoms with Crippen molar-refractivity contribution in [1.82, 2.24) is 9.80 Å². The van der Waals surface area contributed by atoms with Crippen molar-refractivity contribution in [3.63, 3.8) is 0 Å². The van der Waals surface area contributed by atoms with Crippen LogP contribution in [0.4, 0.5) is 0 Å². The molecule has 178 valence electrons. The Kier molecular flexibility index (Phi) is 6.87. The molecule has 0 radical (unpaired) electrons. The molecule has 2 aliphatic heterocycles. The van der Waals surface area contributed by atoms with E-state index in [1.165, 1.54) is 40.3 Å². The number of fused-ring (bicyclic) bond motifs is 2. The number of likely N-dealkylation sites (tertiary alicyclic amines) is 1. The molecule has 3 aromatic rings. The van der Waals surface area contributed by atoms with E-state index in [9.17, 15) is 4.79 Å². The van der Waals surface area contributed by atoms with Gasteiger partial charge in [-0.1, -0.05) is 42.5 Å². The van der Waals surface area contributed by atoms with Crippen molar-refractivity contribution in [2.45, 2.75) is 39.5 Å². The van der Waals surface area contributed by atoms with Gasteiger partial charge in [-0.3, -0.25) is 4.79 Å². The van der Waals surface area contributed by atoms with E-state index in [2.05, 4.69) is 78.2 Å². The lowest BCUT2D eigenvalue weighted by atomic mass is 9.92. The van der Waals surface area contributed by atoms with Crippen molar-refractivity contribution in [2.75, 3.05) is 39.3 Å². The Balaban J connectivity index is 1.11. The predicted molar refractivity (Wildman–Crippen MR) is 139 cm³/mol. The second kappa shape index (κ2) is 10.2. The molecule has 4 nitrogen and oxygen atoms in total. The highest BCUT2D eigenvalue weighted by molar-refractivity contribution is 5.97. The maximum atomic E-state index is 13.2. The third-order valence-corrected chi connectivity index (χ3v) is 7.60. The second-order valence-corrected chi connectivity index (χ2v) is 10.1. The van der Waals surface area contributed by atoms with Crippen LogP contribution in [0.5, 0.6) is 5.75 Å². The highest BCUT2D eigenvalue weighted by atomic mass is 16.5. The van der Waals surface area contributed by atoms with Crippen LogP contribution in [0.3, 0.4) is 0 Å². The minimum atomic E-state index is 0.227. The molecule has 0 aliphatic carbocycles.